The first-order chi connectivity index (χ1) is 6.81. The monoisotopic (exact) mass is 212 g/mol. The summed E-state index contributed by atoms with van der Waals surface area (Å²) in [5, 5.41) is 12.3. The van der Waals surface area contributed by atoms with Crippen LogP contribution in [0.4, 0.5) is 0 Å². The Morgan fingerprint density at radius 2 is 2.64 bits per heavy atom. The Balaban J connectivity index is 1.97. The van der Waals surface area contributed by atoms with E-state index in [4.69, 9.17) is 5.11 Å². The van der Waals surface area contributed by atoms with Crippen molar-refractivity contribution in [2.45, 2.75) is 19.4 Å². The zero-order valence-corrected chi connectivity index (χ0v) is 9.20. The molecule has 1 aromatic rings. The third-order valence-corrected chi connectivity index (χ3v) is 3.88. The highest BCUT2D eigenvalue weighted by molar-refractivity contribution is 7.09. The van der Waals surface area contributed by atoms with Crippen LogP contribution in [0.2, 0.25) is 0 Å². The number of hydrogen-bond acceptors (Lipinski definition) is 4. The van der Waals surface area contributed by atoms with E-state index in [9.17, 15) is 0 Å². The molecule has 0 saturated carbocycles. The van der Waals surface area contributed by atoms with Crippen LogP contribution in [-0.4, -0.2) is 34.7 Å². The molecule has 2 atom stereocenters. The molecule has 1 aliphatic rings. The van der Waals surface area contributed by atoms with Gasteiger partial charge in [0, 0.05) is 24.7 Å². The van der Waals surface area contributed by atoms with Gasteiger partial charge >= 0.3 is 0 Å². The zero-order valence-electron chi connectivity index (χ0n) is 8.39. The lowest BCUT2D eigenvalue weighted by molar-refractivity contribution is 0.204. The summed E-state index contributed by atoms with van der Waals surface area (Å²) in [6.07, 6.45) is 2.97. The second-order valence-corrected chi connectivity index (χ2v) is 4.80. The summed E-state index contributed by atoms with van der Waals surface area (Å²) in [7, 11) is 0. The van der Waals surface area contributed by atoms with Crippen LogP contribution in [-0.2, 0) is 0 Å². The minimum Gasteiger partial charge on any atom is -0.396 e. The number of aliphatic hydroxyl groups is 1. The molecule has 0 bridgehead atoms. The van der Waals surface area contributed by atoms with Crippen molar-refractivity contribution in [3.63, 3.8) is 0 Å². The highest BCUT2D eigenvalue weighted by Crippen LogP contribution is 2.27. The summed E-state index contributed by atoms with van der Waals surface area (Å²) in [4.78, 5) is 6.73. The predicted octanol–water partition coefficient (Wildman–Crippen LogP) is 1.52. The van der Waals surface area contributed by atoms with Gasteiger partial charge < -0.3 is 5.11 Å². The van der Waals surface area contributed by atoms with E-state index in [2.05, 4.69) is 16.8 Å². The highest BCUT2D eigenvalue weighted by Gasteiger charge is 2.27. The first kappa shape index (κ1) is 10.1. The van der Waals surface area contributed by atoms with E-state index in [1.54, 1.807) is 11.3 Å². The van der Waals surface area contributed by atoms with Gasteiger partial charge in [-0.3, -0.25) is 4.90 Å². The van der Waals surface area contributed by atoms with Gasteiger partial charge in [0.1, 0.15) is 5.01 Å². The Morgan fingerprint density at radius 1 is 1.79 bits per heavy atom. The number of thiazole rings is 1. The maximum absolute atomic E-state index is 9.06. The average Bonchev–Trinajstić information content (AvgIpc) is 2.88. The molecule has 3 nitrogen and oxygen atoms in total. The van der Waals surface area contributed by atoms with E-state index in [0.29, 0.717) is 18.6 Å². The fraction of sp³-hybridized carbons (Fsp3) is 0.700. The van der Waals surface area contributed by atoms with Crippen molar-refractivity contribution in [3.8, 4) is 0 Å². The maximum atomic E-state index is 9.06. The van der Waals surface area contributed by atoms with Crippen molar-refractivity contribution in [1.82, 2.24) is 9.88 Å². The van der Waals surface area contributed by atoms with Crippen LogP contribution in [0.25, 0.3) is 0 Å². The molecular weight excluding hydrogens is 196 g/mol. The number of nitrogens with zero attached hydrogens (tertiary/aromatic N) is 2. The van der Waals surface area contributed by atoms with Gasteiger partial charge in [0.25, 0.3) is 0 Å². The Hall–Kier alpha value is -0.450. The topological polar surface area (TPSA) is 36.4 Å². The van der Waals surface area contributed by atoms with Gasteiger partial charge in [0.05, 0.1) is 6.04 Å². The van der Waals surface area contributed by atoms with Gasteiger partial charge in [-0.1, -0.05) is 0 Å². The van der Waals surface area contributed by atoms with E-state index < -0.39 is 0 Å². The molecule has 0 radical (unpaired) electrons. The first-order valence-corrected chi connectivity index (χ1v) is 5.93. The third kappa shape index (κ3) is 1.97. The van der Waals surface area contributed by atoms with Gasteiger partial charge in [0.2, 0.25) is 0 Å². The van der Waals surface area contributed by atoms with Crippen molar-refractivity contribution >= 4 is 11.3 Å². The quantitative estimate of drug-likeness (QED) is 0.825. The van der Waals surface area contributed by atoms with Gasteiger partial charge in [-0.05, 0) is 25.8 Å². The standard InChI is InChI=1S/C10H16N2OS/c1-8(10-11-3-5-14-10)12-4-2-9(6-12)7-13/h3,5,8-9,13H,2,4,6-7H2,1H3/t8-,9+/m0/s1. The van der Waals surface area contributed by atoms with E-state index >= 15 is 0 Å². The zero-order chi connectivity index (χ0) is 9.97. The minimum absolute atomic E-state index is 0.321. The summed E-state index contributed by atoms with van der Waals surface area (Å²) < 4.78 is 0. The molecule has 4 heteroatoms. The third-order valence-electron chi connectivity index (χ3n) is 2.93. The second kappa shape index (κ2) is 4.38. The Kier molecular flexibility index (Phi) is 3.15. The lowest BCUT2D eigenvalue weighted by Crippen LogP contribution is -2.24. The normalized spacial score (nSPS) is 25.4. The molecule has 0 amide bonds. The fourth-order valence-corrected chi connectivity index (χ4v) is 2.69. The molecule has 1 aliphatic heterocycles. The Labute approximate surface area is 88.4 Å². The van der Waals surface area contributed by atoms with Crippen LogP contribution >= 0.6 is 11.3 Å². The molecule has 78 valence electrons. The molecule has 1 N–H and O–H groups in total. The smallest absolute Gasteiger partial charge is 0.109 e. The summed E-state index contributed by atoms with van der Waals surface area (Å²) in [5.74, 6) is 0.470. The van der Waals surface area contributed by atoms with Gasteiger partial charge in [-0.25, -0.2) is 4.98 Å². The summed E-state index contributed by atoms with van der Waals surface area (Å²) in [6, 6.07) is 0.409. The predicted molar refractivity (Wildman–Crippen MR) is 57.3 cm³/mol. The van der Waals surface area contributed by atoms with Crippen LogP contribution in [0.5, 0.6) is 0 Å². The highest BCUT2D eigenvalue weighted by atomic mass is 32.1. The number of rotatable bonds is 3. The molecule has 0 unspecified atom stereocenters. The molecule has 0 spiro atoms. The van der Waals surface area contributed by atoms with E-state index in [-0.39, 0.29) is 0 Å². The average molecular weight is 212 g/mol. The Morgan fingerprint density at radius 3 is 3.21 bits per heavy atom. The lowest BCUT2D eigenvalue weighted by atomic mass is 10.1. The number of aromatic nitrogens is 1. The van der Waals surface area contributed by atoms with E-state index in [1.165, 1.54) is 5.01 Å². The Bertz CT molecular complexity index is 276. The summed E-state index contributed by atoms with van der Waals surface area (Å²) >= 11 is 1.71. The van der Waals surface area contributed by atoms with Gasteiger partial charge in [-0.15, -0.1) is 11.3 Å². The maximum Gasteiger partial charge on any atom is 0.109 e. The molecule has 2 heterocycles. The molecule has 1 saturated heterocycles. The molecule has 2 rings (SSSR count). The van der Waals surface area contributed by atoms with Crippen molar-refractivity contribution in [3.05, 3.63) is 16.6 Å². The largest absolute Gasteiger partial charge is 0.396 e. The number of hydrogen-bond donors (Lipinski definition) is 1. The fourth-order valence-electron chi connectivity index (χ4n) is 1.96. The lowest BCUT2D eigenvalue weighted by Gasteiger charge is -2.22. The van der Waals surface area contributed by atoms with E-state index in [0.717, 1.165) is 19.5 Å². The molecular formula is C10H16N2OS. The van der Waals surface area contributed by atoms with Crippen LogP contribution in [0.3, 0.4) is 0 Å². The molecule has 0 aliphatic carbocycles. The number of aliphatic hydroxyl groups excluding tert-OH is 1. The van der Waals surface area contributed by atoms with Crippen LogP contribution in [0, 0.1) is 5.92 Å². The molecule has 1 aromatic heterocycles. The van der Waals surface area contributed by atoms with Crippen LogP contribution < -0.4 is 0 Å². The summed E-state index contributed by atoms with van der Waals surface area (Å²) in [6.45, 7) is 4.61. The van der Waals surface area contributed by atoms with Gasteiger partial charge in [0.15, 0.2) is 0 Å². The minimum atomic E-state index is 0.321. The van der Waals surface area contributed by atoms with Crippen molar-refractivity contribution in [1.29, 1.82) is 0 Å². The van der Waals surface area contributed by atoms with E-state index in [1.807, 2.05) is 11.6 Å². The van der Waals surface area contributed by atoms with Crippen molar-refractivity contribution in [2.24, 2.45) is 5.92 Å². The van der Waals surface area contributed by atoms with Crippen LogP contribution in [0.1, 0.15) is 24.4 Å². The molecule has 1 fully saturated rings. The van der Waals surface area contributed by atoms with Crippen LogP contribution in [0.15, 0.2) is 11.6 Å². The second-order valence-electron chi connectivity index (χ2n) is 3.88. The SMILES string of the molecule is C[C@@H](c1nccs1)N1CC[C@@H](CO)C1. The van der Waals surface area contributed by atoms with Crippen molar-refractivity contribution < 1.29 is 5.11 Å². The summed E-state index contributed by atoms with van der Waals surface area (Å²) in [5.41, 5.74) is 0. The molecule has 14 heavy (non-hydrogen) atoms. The molecule has 0 aromatic carbocycles. The van der Waals surface area contributed by atoms with Gasteiger partial charge in [-0.2, -0.15) is 0 Å². The number of likely N-dealkylation sites (tertiary alicyclic amines) is 1. The van der Waals surface area contributed by atoms with Crippen molar-refractivity contribution in [2.75, 3.05) is 19.7 Å². The first-order valence-electron chi connectivity index (χ1n) is 5.05.